The fourth-order valence-electron chi connectivity index (χ4n) is 4.41. The third-order valence-electron chi connectivity index (χ3n) is 5.51. The van der Waals surface area contributed by atoms with E-state index in [2.05, 4.69) is 47.0 Å². The summed E-state index contributed by atoms with van der Waals surface area (Å²) in [6.07, 6.45) is 7.08. The topological polar surface area (TPSA) is 42.0 Å². The van der Waals surface area contributed by atoms with E-state index in [0.717, 1.165) is 10.4 Å². The lowest BCUT2D eigenvalue weighted by molar-refractivity contribution is 0.0737. The minimum absolute atomic E-state index is 0.00866. The number of hydrogen-bond donors (Lipinski definition) is 1. The molecule has 1 aromatic heterocycles. The highest BCUT2D eigenvalue weighted by Crippen LogP contribution is 2.62. The molecule has 2 aliphatic rings. The van der Waals surface area contributed by atoms with E-state index in [0.29, 0.717) is 5.56 Å². The summed E-state index contributed by atoms with van der Waals surface area (Å²) in [4.78, 5) is 16.6. The van der Waals surface area contributed by atoms with Gasteiger partial charge in [-0.3, -0.25) is 9.78 Å². The normalized spacial score (nSPS) is 34.2. The summed E-state index contributed by atoms with van der Waals surface area (Å²) < 4.78 is 0.837. The smallest absolute Gasteiger partial charge is 0.253 e. The molecule has 3 unspecified atom stereocenters. The summed E-state index contributed by atoms with van der Waals surface area (Å²) in [7, 11) is 0. The van der Waals surface area contributed by atoms with Crippen molar-refractivity contribution < 1.29 is 4.79 Å². The molecule has 2 aliphatic carbocycles. The average Bonchev–Trinajstić information content (AvgIpc) is 2.85. The van der Waals surface area contributed by atoms with Crippen molar-refractivity contribution >= 4 is 21.8 Å². The summed E-state index contributed by atoms with van der Waals surface area (Å²) >= 11 is 3.37. The molecule has 1 amide bonds. The Bertz CT molecular complexity index is 552. The zero-order valence-electron chi connectivity index (χ0n) is 12.2. The molecule has 1 aromatic rings. The second-order valence-corrected chi connectivity index (χ2v) is 8.13. The Balaban J connectivity index is 1.82. The molecule has 0 aliphatic heterocycles. The van der Waals surface area contributed by atoms with E-state index in [4.69, 9.17) is 0 Å². The van der Waals surface area contributed by atoms with E-state index in [-0.39, 0.29) is 22.8 Å². The van der Waals surface area contributed by atoms with Gasteiger partial charge in [-0.15, -0.1) is 0 Å². The van der Waals surface area contributed by atoms with Crippen LogP contribution in [0.2, 0.25) is 0 Å². The van der Waals surface area contributed by atoms with Crippen molar-refractivity contribution in [3.05, 3.63) is 28.5 Å². The van der Waals surface area contributed by atoms with E-state index < -0.39 is 0 Å². The summed E-state index contributed by atoms with van der Waals surface area (Å²) in [6.45, 7) is 6.92. The quantitative estimate of drug-likeness (QED) is 0.892. The number of carbonyl (C=O) groups excluding carboxylic acids is 1. The molecule has 0 radical (unpaired) electrons. The lowest BCUT2D eigenvalue weighted by atomic mass is 9.68. The molecule has 0 spiro atoms. The van der Waals surface area contributed by atoms with Crippen LogP contribution in [0.15, 0.2) is 22.9 Å². The number of carbonyl (C=O) groups is 1. The number of halogens is 1. The number of aromatic nitrogens is 1. The van der Waals surface area contributed by atoms with Crippen LogP contribution < -0.4 is 5.32 Å². The van der Waals surface area contributed by atoms with Gasteiger partial charge >= 0.3 is 0 Å². The van der Waals surface area contributed by atoms with Crippen molar-refractivity contribution in [2.75, 3.05) is 0 Å². The fraction of sp³-hybridized carbons (Fsp3) is 0.625. The fourth-order valence-corrected chi connectivity index (χ4v) is 4.78. The van der Waals surface area contributed by atoms with Gasteiger partial charge in [0, 0.05) is 22.9 Å². The first-order valence-electron chi connectivity index (χ1n) is 7.24. The van der Waals surface area contributed by atoms with Gasteiger partial charge in [0.15, 0.2) is 0 Å². The SMILES string of the molecule is CC12CCC(C1)C(C)(C)C2NC(=O)c1cncc(Br)c1. The number of rotatable bonds is 2. The maximum Gasteiger partial charge on any atom is 0.253 e. The van der Waals surface area contributed by atoms with E-state index in [1.165, 1.54) is 19.3 Å². The van der Waals surface area contributed by atoms with Crippen molar-refractivity contribution in [3.8, 4) is 0 Å². The molecule has 20 heavy (non-hydrogen) atoms. The van der Waals surface area contributed by atoms with Gasteiger partial charge in [0.25, 0.3) is 5.91 Å². The van der Waals surface area contributed by atoms with Crippen molar-refractivity contribution in [2.45, 2.75) is 46.1 Å². The monoisotopic (exact) mass is 336 g/mol. The van der Waals surface area contributed by atoms with Crippen LogP contribution in [0.3, 0.4) is 0 Å². The molecular weight excluding hydrogens is 316 g/mol. The van der Waals surface area contributed by atoms with Crippen LogP contribution in [0.25, 0.3) is 0 Å². The molecule has 3 nitrogen and oxygen atoms in total. The van der Waals surface area contributed by atoms with Crippen molar-refractivity contribution in [2.24, 2.45) is 16.7 Å². The first kappa shape index (κ1) is 14.1. The van der Waals surface area contributed by atoms with Crippen molar-refractivity contribution in [1.82, 2.24) is 10.3 Å². The zero-order chi connectivity index (χ0) is 14.5. The Hall–Kier alpha value is -0.900. The van der Waals surface area contributed by atoms with Gasteiger partial charge in [-0.05, 0) is 58.0 Å². The minimum atomic E-state index is -0.00866. The van der Waals surface area contributed by atoms with Gasteiger partial charge in [-0.1, -0.05) is 20.8 Å². The van der Waals surface area contributed by atoms with Crippen molar-refractivity contribution in [3.63, 3.8) is 0 Å². The van der Waals surface area contributed by atoms with Crippen LogP contribution >= 0.6 is 15.9 Å². The van der Waals surface area contributed by atoms with Gasteiger partial charge < -0.3 is 5.32 Å². The summed E-state index contributed by atoms with van der Waals surface area (Å²) in [6, 6.07) is 2.07. The summed E-state index contributed by atoms with van der Waals surface area (Å²) in [5, 5.41) is 3.28. The van der Waals surface area contributed by atoms with Gasteiger partial charge in [0.05, 0.1) is 5.56 Å². The largest absolute Gasteiger partial charge is 0.348 e. The predicted molar refractivity (Wildman–Crippen MR) is 82.4 cm³/mol. The van der Waals surface area contributed by atoms with Crippen LogP contribution in [0, 0.1) is 16.7 Å². The number of amides is 1. The number of pyridine rings is 1. The van der Waals surface area contributed by atoms with Crippen LogP contribution in [0.5, 0.6) is 0 Å². The Morgan fingerprint density at radius 3 is 2.75 bits per heavy atom. The summed E-state index contributed by atoms with van der Waals surface area (Å²) in [5.74, 6) is 0.726. The van der Waals surface area contributed by atoms with Crippen LogP contribution in [-0.4, -0.2) is 16.9 Å². The third kappa shape index (κ3) is 2.09. The Labute approximate surface area is 128 Å². The number of hydrogen-bond acceptors (Lipinski definition) is 2. The minimum Gasteiger partial charge on any atom is -0.348 e. The van der Waals surface area contributed by atoms with Gasteiger partial charge in [0.1, 0.15) is 0 Å². The van der Waals surface area contributed by atoms with Gasteiger partial charge in [-0.25, -0.2) is 0 Å². The molecule has 1 heterocycles. The van der Waals surface area contributed by atoms with Crippen molar-refractivity contribution in [1.29, 1.82) is 0 Å². The summed E-state index contributed by atoms with van der Waals surface area (Å²) in [5.41, 5.74) is 1.06. The molecule has 3 rings (SSSR count). The third-order valence-corrected chi connectivity index (χ3v) is 5.95. The van der Waals surface area contributed by atoms with E-state index in [1.54, 1.807) is 12.4 Å². The van der Waals surface area contributed by atoms with E-state index in [9.17, 15) is 4.79 Å². The highest BCUT2D eigenvalue weighted by molar-refractivity contribution is 9.10. The lowest BCUT2D eigenvalue weighted by Crippen LogP contribution is -2.52. The first-order valence-corrected chi connectivity index (χ1v) is 8.04. The van der Waals surface area contributed by atoms with Crippen LogP contribution in [0.4, 0.5) is 0 Å². The molecule has 0 aromatic carbocycles. The van der Waals surface area contributed by atoms with Gasteiger partial charge in [0.2, 0.25) is 0 Å². The molecule has 108 valence electrons. The standard InChI is InChI=1S/C16H21BrN2O/c1-15(2)11-4-5-16(3,7-11)14(15)19-13(20)10-6-12(17)9-18-8-10/h6,8-9,11,14H,4-5,7H2,1-3H3,(H,19,20). The number of nitrogens with one attached hydrogen (secondary N) is 1. The molecule has 3 atom stereocenters. The Morgan fingerprint density at radius 1 is 1.40 bits per heavy atom. The second-order valence-electron chi connectivity index (χ2n) is 7.21. The first-order chi connectivity index (χ1) is 9.33. The highest BCUT2D eigenvalue weighted by Gasteiger charge is 2.59. The molecule has 2 saturated carbocycles. The van der Waals surface area contributed by atoms with Crippen LogP contribution in [-0.2, 0) is 0 Å². The lowest BCUT2D eigenvalue weighted by Gasteiger charge is -2.43. The molecule has 2 bridgehead atoms. The van der Waals surface area contributed by atoms with Gasteiger partial charge in [-0.2, -0.15) is 0 Å². The number of nitrogens with zero attached hydrogens (tertiary/aromatic N) is 1. The molecule has 4 heteroatoms. The highest BCUT2D eigenvalue weighted by atomic mass is 79.9. The molecule has 2 fully saturated rings. The molecule has 0 saturated heterocycles. The van der Waals surface area contributed by atoms with E-state index >= 15 is 0 Å². The maximum absolute atomic E-state index is 12.5. The number of fused-ring (bicyclic) bond motifs is 2. The zero-order valence-corrected chi connectivity index (χ0v) is 13.8. The van der Waals surface area contributed by atoms with E-state index in [1.807, 2.05) is 6.07 Å². The second kappa shape index (κ2) is 4.55. The predicted octanol–water partition coefficient (Wildman–Crippen LogP) is 3.79. The Kier molecular flexibility index (Phi) is 3.20. The molecular formula is C16H21BrN2O. The molecule has 1 N–H and O–H groups in total. The Morgan fingerprint density at radius 2 is 2.15 bits per heavy atom. The maximum atomic E-state index is 12.5. The average molecular weight is 337 g/mol. The van der Waals surface area contributed by atoms with Crippen LogP contribution in [0.1, 0.15) is 50.4 Å².